The standard InChI is InChI=1S/C14H21N3O3/c1-4-16(14(18)13(15)10(2)3)9-11-6-5-7-12(8-11)17(19)20/h5-8,10,13H,4,9,15H2,1-3H3/t13-/m0/s1. The average molecular weight is 279 g/mol. The Bertz CT molecular complexity index is 488. The van der Waals surface area contributed by atoms with Crippen LogP contribution in [0.15, 0.2) is 24.3 Å². The summed E-state index contributed by atoms with van der Waals surface area (Å²) in [6.45, 7) is 6.50. The van der Waals surface area contributed by atoms with Crippen LogP contribution < -0.4 is 5.73 Å². The van der Waals surface area contributed by atoms with Gasteiger partial charge in [0.15, 0.2) is 0 Å². The molecule has 20 heavy (non-hydrogen) atoms. The van der Waals surface area contributed by atoms with Crippen LogP contribution in [0.1, 0.15) is 26.3 Å². The average Bonchev–Trinajstić information content (AvgIpc) is 2.43. The van der Waals surface area contributed by atoms with Crippen LogP contribution in [0.4, 0.5) is 5.69 Å². The van der Waals surface area contributed by atoms with E-state index in [1.165, 1.54) is 12.1 Å². The lowest BCUT2D eigenvalue weighted by Gasteiger charge is -2.26. The van der Waals surface area contributed by atoms with Crippen LogP contribution >= 0.6 is 0 Å². The molecule has 2 N–H and O–H groups in total. The van der Waals surface area contributed by atoms with Crippen molar-refractivity contribution in [3.8, 4) is 0 Å². The van der Waals surface area contributed by atoms with E-state index in [4.69, 9.17) is 5.73 Å². The fraction of sp³-hybridized carbons (Fsp3) is 0.500. The zero-order chi connectivity index (χ0) is 15.3. The van der Waals surface area contributed by atoms with E-state index < -0.39 is 11.0 Å². The van der Waals surface area contributed by atoms with Crippen molar-refractivity contribution in [2.24, 2.45) is 11.7 Å². The second kappa shape index (κ2) is 7.00. The van der Waals surface area contributed by atoms with Crippen molar-refractivity contribution < 1.29 is 9.72 Å². The second-order valence-electron chi connectivity index (χ2n) is 5.05. The molecule has 6 heteroatoms. The van der Waals surface area contributed by atoms with Gasteiger partial charge in [-0.1, -0.05) is 26.0 Å². The molecule has 0 aliphatic carbocycles. The van der Waals surface area contributed by atoms with Crippen molar-refractivity contribution in [2.45, 2.75) is 33.4 Å². The van der Waals surface area contributed by atoms with Crippen molar-refractivity contribution in [3.05, 3.63) is 39.9 Å². The van der Waals surface area contributed by atoms with Gasteiger partial charge in [-0.05, 0) is 18.4 Å². The predicted octanol–water partition coefficient (Wildman–Crippen LogP) is 1.93. The second-order valence-corrected chi connectivity index (χ2v) is 5.05. The summed E-state index contributed by atoms with van der Waals surface area (Å²) in [4.78, 5) is 24.1. The van der Waals surface area contributed by atoms with Gasteiger partial charge in [-0.15, -0.1) is 0 Å². The number of nitrogens with two attached hydrogens (primary N) is 1. The maximum Gasteiger partial charge on any atom is 0.269 e. The molecule has 1 aromatic carbocycles. The van der Waals surface area contributed by atoms with Crippen molar-refractivity contribution in [3.63, 3.8) is 0 Å². The quantitative estimate of drug-likeness (QED) is 0.636. The van der Waals surface area contributed by atoms with E-state index in [9.17, 15) is 14.9 Å². The molecule has 1 aromatic rings. The van der Waals surface area contributed by atoms with E-state index in [1.807, 2.05) is 20.8 Å². The summed E-state index contributed by atoms with van der Waals surface area (Å²) in [5, 5.41) is 10.7. The fourth-order valence-electron chi connectivity index (χ4n) is 1.83. The summed E-state index contributed by atoms with van der Waals surface area (Å²) < 4.78 is 0. The molecule has 0 saturated carbocycles. The number of non-ortho nitro benzene ring substituents is 1. The summed E-state index contributed by atoms with van der Waals surface area (Å²) in [6.07, 6.45) is 0. The minimum atomic E-state index is -0.548. The highest BCUT2D eigenvalue weighted by Crippen LogP contribution is 2.15. The first-order valence-corrected chi connectivity index (χ1v) is 6.64. The number of hydrogen-bond donors (Lipinski definition) is 1. The minimum Gasteiger partial charge on any atom is -0.337 e. The van der Waals surface area contributed by atoms with Gasteiger partial charge in [0.25, 0.3) is 5.69 Å². The Morgan fingerprint density at radius 3 is 2.60 bits per heavy atom. The Balaban J connectivity index is 2.86. The SMILES string of the molecule is CCN(Cc1cccc([N+](=O)[O-])c1)C(=O)[C@@H](N)C(C)C. The zero-order valence-corrected chi connectivity index (χ0v) is 12.1. The van der Waals surface area contributed by atoms with Gasteiger partial charge in [0.2, 0.25) is 5.91 Å². The first kappa shape index (κ1) is 16.1. The summed E-state index contributed by atoms with van der Waals surface area (Å²) in [5.41, 5.74) is 6.62. The summed E-state index contributed by atoms with van der Waals surface area (Å²) in [5.74, 6) is -0.0735. The molecular formula is C14H21N3O3. The molecule has 0 spiro atoms. The number of nitro groups is 1. The largest absolute Gasteiger partial charge is 0.337 e. The van der Waals surface area contributed by atoms with E-state index in [0.29, 0.717) is 13.1 Å². The highest BCUT2D eigenvalue weighted by atomic mass is 16.6. The Kier molecular flexibility index (Phi) is 5.64. The lowest BCUT2D eigenvalue weighted by atomic mass is 10.0. The molecule has 0 aliphatic rings. The molecule has 0 saturated heterocycles. The van der Waals surface area contributed by atoms with Crippen LogP contribution in [0.3, 0.4) is 0 Å². The van der Waals surface area contributed by atoms with E-state index in [1.54, 1.807) is 17.0 Å². The highest BCUT2D eigenvalue weighted by molar-refractivity contribution is 5.81. The van der Waals surface area contributed by atoms with Crippen LogP contribution in [0.25, 0.3) is 0 Å². The first-order chi connectivity index (χ1) is 9.36. The Morgan fingerprint density at radius 2 is 2.10 bits per heavy atom. The normalized spacial score (nSPS) is 12.2. The molecule has 1 atom stereocenters. The number of benzene rings is 1. The highest BCUT2D eigenvalue weighted by Gasteiger charge is 2.22. The van der Waals surface area contributed by atoms with Gasteiger partial charge >= 0.3 is 0 Å². The van der Waals surface area contributed by atoms with E-state index >= 15 is 0 Å². The Morgan fingerprint density at radius 1 is 1.45 bits per heavy atom. The van der Waals surface area contributed by atoms with Gasteiger partial charge in [-0.2, -0.15) is 0 Å². The van der Waals surface area contributed by atoms with Crippen molar-refractivity contribution in [1.82, 2.24) is 4.90 Å². The van der Waals surface area contributed by atoms with E-state index in [0.717, 1.165) is 5.56 Å². The molecule has 1 rings (SSSR count). The topological polar surface area (TPSA) is 89.5 Å². The van der Waals surface area contributed by atoms with E-state index in [-0.39, 0.29) is 17.5 Å². The molecular weight excluding hydrogens is 258 g/mol. The fourth-order valence-corrected chi connectivity index (χ4v) is 1.83. The number of rotatable bonds is 6. The minimum absolute atomic E-state index is 0.0270. The van der Waals surface area contributed by atoms with Crippen molar-refractivity contribution in [1.29, 1.82) is 0 Å². The number of nitro benzene ring substituents is 1. The van der Waals surface area contributed by atoms with Gasteiger partial charge in [0.1, 0.15) is 0 Å². The summed E-state index contributed by atoms with van der Waals surface area (Å²) >= 11 is 0. The number of hydrogen-bond acceptors (Lipinski definition) is 4. The third-order valence-corrected chi connectivity index (χ3v) is 3.19. The number of likely N-dealkylation sites (N-methyl/N-ethyl adjacent to an activating group) is 1. The molecule has 0 heterocycles. The molecule has 0 aromatic heterocycles. The van der Waals surface area contributed by atoms with Crippen molar-refractivity contribution >= 4 is 11.6 Å². The van der Waals surface area contributed by atoms with Gasteiger partial charge in [0, 0.05) is 25.2 Å². The predicted molar refractivity (Wildman–Crippen MR) is 77.0 cm³/mol. The third-order valence-electron chi connectivity index (χ3n) is 3.19. The molecule has 0 radical (unpaired) electrons. The lowest BCUT2D eigenvalue weighted by molar-refractivity contribution is -0.384. The molecule has 0 fully saturated rings. The smallest absolute Gasteiger partial charge is 0.269 e. The number of carbonyl (C=O) groups is 1. The van der Waals surface area contributed by atoms with Crippen LogP contribution in [-0.4, -0.2) is 28.3 Å². The molecule has 0 bridgehead atoms. The Hall–Kier alpha value is -1.95. The number of carbonyl (C=O) groups excluding carboxylic acids is 1. The van der Waals surface area contributed by atoms with Gasteiger partial charge in [0.05, 0.1) is 11.0 Å². The molecule has 0 aliphatic heterocycles. The van der Waals surface area contributed by atoms with Crippen LogP contribution in [-0.2, 0) is 11.3 Å². The van der Waals surface area contributed by atoms with Gasteiger partial charge in [-0.25, -0.2) is 0 Å². The Labute approximate surface area is 118 Å². The van der Waals surface area contributed by atoms with Crippen LogP contribution in [0, 0.1) is 16.0 Å². The maximum absolute atomic E-state index is 12.2. The molecule has 110 valence electrons. The summed E-state index contributed by atoms with van der Waals surface area (Å²) in [7, 11) is 0. The summed E-state index contributed by atoms with van der Waals surface area (Å²) in [6, 6.07) is 5.75. The van der Waals surface area contributed by atoms with E-state index in [2.05, 4.69) is 0 Å². The van der Waals surface area contributed by atoms with Gasteiger partial charge in [-0.3, -0.25) is 14.9 Å². The van der Waals surface area contributed by atoms with Crippen LogP contribution in [0.5, 0.6) is 0 Å². The lowest BCUT2D eigenvalue weighted by Crippen LogP contribution is -2.46. The first-order valence-electron chi connectivity index (χ1n) is 6.64. The van der Waals surface area contributed by atoms with Gasteiger partial charge < -0.3 is 10.6 Å². The number of amides is 1. The molecule has 6 nitrogen and oxygen atoms in total. The molecule has 0 unspecified atom stereocenters. The monoisotopic (exact) mass is 279 g/mol. The third kappa shape index (κ3) is 4.03. The molecule has 1 amide bonds. The zero-order valence-electron chi connectivity index (χ0n) is 12.1. The van der Waals surface area contributed by atoms with Crippen molar-refractivity contribution in [2.75, 3.05) is 6.54 Å². The van der Waals surface area contributed by atoms with Crippen LogP contribution in [0.2, 0.25) is 0 Å². The maximum atomic E-state index is 12.2. The number of nitrogens with zero attached hydrogens (tertiary/aromatic N) is 2.